The third-order valence-corrected chi connectivity index (χ3v) is 3.47. The Labute approximate surface area is 116 Å². The summed E-state index contributed by atoms with van der Waals surface area (Å²) in [5.74, 6) is 1.27. The number of ether oxygens (including phenoxy) is 2. The van der Waals surface area contributed by atoms with Crippen molar-refractivity contribution >= 4 is 35.0 Å². The second kappa shape index (κ2) is 7.51. The lowest BCUT2D eigenvalue weighted by atomic mass is 10.2. The van der Waals surface area contributed by atoms with Gasteiger partial charge < -0.3 is 14.8 Å². The fourth-order valence-corrected chi connectivity index (χ4v) is 2.00. The van der Waals surface area contributed by atoms with Crippen molar-refractivity contribution in [3.05, 3.63) is 22.7 Å². The number of thioether (sulfide) groups is 1. The van der Waals surface area contributed by atoms with E-state index < -0.39 is 0 Å². The zero-order valence-electron chi connectivity index (χ0n) is 10.6. The number of carbonyl (C=O) groups excluding carboxylic acids is 1. The molecule has 1 amide bonds. The van der Waals surface area contributed by atoms with Gasteiger partial charge in [-0.25, -0.2) is 0 Å². The van der Waals surface area contributed by atoms with E-state index in [4.69, 9.17) is 21.1 Å². The second-order valence-electron chi connectivity index (χ2n) is 3.60. The quantitative estimate of drug-likeness (QED) is 0.646. The normalized spacial score (nSPS) is 10.2. The van der Waals surface area contributed by atoms with Crippen LogP contribution < -0.4 is 10.1 Å². The van der Waals surface area contributed by atoms with E-state index in [1.807, 2.05) is 6.92 Å². The van der Waals surface area contributed by atoms with Gasteiger partial charge in [-0.3, -0.25) is 4.79 Å². The summed E-state index contributed by atoms with van der Waals surface area (Å²) >= 11 is 7.39. The van der Waals surface area contributed by atoms with Crippen molar-refractivity contribution in [2.24, 2.45) is 0 Å². The summed E-state index contributed by atoms with van der Waals surface area (Å²) in [5.41, 5.74) is 1.51. The molecule has 0 atom stereocenters. The Balaban J connectivity index is 2.71. The van der Waals surface area contributed by atoms with E-state index >= 15 is 0 Å². The molecule has 1 aromatic rings. The summed E-state index contributed by atoms with van der Waals surface area (Å²) in [4.78, 5) is 11.7. The number of anilines is 1. The van der Waals surface area contributed by atoms with E-state index in [-0.39, 0.29) is 5.91 Å². The van der Waals surface area contributed by atoms with Crippen LogP contribution >= 0.6 is 23.4 Å². The fourth-order valence-electron chi connectivity index (χ4n) is 1.33. The summed E-state index contributed by atoms with van der Waals surface area (Å²) in [6, 6.07) is 3.48. The standard InChI is InChI=1S/C12H16ClNO3S/c1-8-4-10(11(17-3)5-9(8)13)14-12(15)6-18-7-16-2/h4-5H,6-7H2,1-3H3,(H,14,15). The predicted molar refractivity (Wildman–Crippen MR) is 75.7 cm³/mol. The smallest absolute Gasteiger partial charge is 0.234 e. The number of nitrogens with one attached hydrogen (secondary N) is 1. The van der Waals surface area contributed by atoms with Crippen molar-refractivity contribution in [2.75, 3.05) is 31.2 Å². The number of amides is 1. The van der Waals surface area contributed by atoms with Gasteiger partial charge in [0.25, 0.3) is 0 Å². The summed E-state index contributed by atoms with van der Waals surface area (Å²) in [5, 5.41) is 3.40. The molecule has 4 nitrogen and oxygen atoms in total. The molecule has 0 spiro atoms. The van der Waals surface area contributed by atoms with Gasteiger partial charge in [0.15, 0.2) is 0 Å². The first kappa shape index (κ1) is 15.1. The lowest BCUT2D eigenvalue weighted by Crippen LogP contribution is -2.15. The molecular weight excluding hydrogens is 274 g/mol. The molecule has 1 rings (SSSR count). The third kappa shape index (κ3) is 4.40. The molecule has 0 heterocycles. The number of aryl methyl sites for hydroxylation is 1. The highest BCUT2D eigenvalue weighted by Gasteiger charge is 2.10. The van der Waals surface area contributed by atoms with Crippen LogP contribution in [0.1, 0.15) is 5.56 Å². The minimum absolute atomic E-state index is 0.0999. The average Bonchev–Trinajstić information content (AvgIpc) is 2.34. The van der Waals surface area contributed by atoms with Gasteiger partial charge in [0, 0.05) is 18.2 Å². The second-order valence-corrected chi connectivity index (χ2v) is 4.94. The Hall–Kier alpha value is -0.910. The Morgan fingerprint density at radius 3 is 2.78 bits per heavy atom. The van der Waals surface area contributed by atoms with Crippen LogP contribution in [0.4, 0.5) is 5.69 Å². The molecule has 0 aliphatic carbocycles. The minimum Gasteiger partial charge on any atom is -0.495 e. The zero-order chi connectivity index (χ0) is 13.5. The highest BCUT2D eigenvalue weighted by Crippen LogP contribution is 2.30. The number of rotatable bonds is 6. The molecule has 0 unspecified atom stereocenters. The van der Waals surface area contributed by atoms with Crippen LogP contribution in [0, 0.1) is 6.92 Å². The maximum Gasteiger partial charge on any atom is 0.234 e. The molecule has 1 aromatic carbocycles. The molecule has 0 aromatic heterocycles. The number of carbonyl (C=O) groups is 1. The van der Waals surface area contributed by atoms with Gasteiger partial charge >= 0.3 is 0 Å². The molecule has 0 fully saturated rings. The van der Waals surface area contributed by atoms with Crippen LogP contribution in [0.25, 0.3) is 0 Å². The van der Waals surface area contributed by atoms with Gasteiger partial charge in [-0.05, 0) is 18.6 Å². The number of hydrogen-bond acceptors (Lipinski definition) is 4. The summed E-state index contributed by atoms with van der Waals surface area (Å²) in [7, 11) is 3.13. The lowest BCUT2D eigenvalue weighted by molar-refractivity contribution is -0.113. The van der Waals surface area contributed by atoms with Gasteiger partial charge in [-0.15, -0.1) is 11.8 Å². The van der Waals surface area contributed by atoms with Gasteiger partial charge in [0.2, 0.25) is 5.91 Å². The first-order chi connectivity index (χ1) is 8.58. The van der Waals surface area contributed by atoms with Gasteiger partial charge in [0.05, 0.1) is 24.5 Å². The van der Waals surface area contributed by atoms with Gasteiger partial charge in [-0.2, -0.15) is 0 Å². The first-order valence-electron chi connectivity index (χ1n) is 5.29. The van der Waals surface area contributed by atoms with E-state index in [0.717, 1.165) is 5.56 Å². The maximum absolute atomic E-state index is 11.7. The topological polar surface area (TPSA) is 47.6 Å². The molecule has 0 aliphatic rings. The van der Waals surface area contributed by atoms with E-state index in [9.17, 15) is 4.79 Å². The largest absolute Gasteiger partial charge is 0.495 e. The molecule has 100 valence electrons. The van der Waals surface area contributed by atoms with Crippen molar-refractivity contribution in [3.8, 4) is 5.75 Å². The van der Waals surface area contributed by atoms with Gasteiger partial charge in [0.1, 0.15) is 5.75 Å². The Morgan fingerprint density at radius 2 is 2.17 bits per heavy atom. The Bertz CT molecular complexity index is 426. The molecule has 0 saturated carbocycles. The summed E-state index contributed by atoms with van der Waals surface area (Å²) < 4.78 is 10.0. The van der Waals surface area contributed by atoms with Crippen LogP contribution in [0.2, 0.25) is 5.02 Å². The van der Waals surface area contributed by atoms with E-state index in [1.165, 1.54) is 18.9 Å². The van der Waals surface area contributed by atoms with Crippen LogP contribution in [0.5, 0.6) is 5.75 Å². The highest BCUT2D eigenvalue weighted by atomic mass is 35.5. The van der Waals surface area contributed by atoms with Crippen molar-refractivity contribution in [1.82, 2.24) is 0 Å². The molecule has 6 heteroatoms. The first-order valence-corrected chi connectivity index (χ1v) is 6.82. The number of halogens is 1. The number of hydrogen-bond donors (Lipinski definition) is 1. The minimum atomic E-state index is -0.0999. The monoisotopic (exact) mass is 289 g/mol. The van der Waals surface area contributed by atoms with E-state index in [2.05, 4.69) is 5.32 Å². The highest BCUT2D eigenvalue weighted by molar-refractivity contribution is 7.99. The molecule has 18 heavy (non-hydrogen) atoms. The van der Waals surface area contributed by atoms with E-state index in [0.29, 0.717) is 28.2 Å². The molecule has 0 radical (unpaired) electrons. The Morgan fingerprint density at radius 1 is 1.44 bits per heavy atom. The average molecular weight is 290 g/mol. The maximum atomic E-state index is 11.7. The van der Waals surface area contributed by atoms with Crippen molar-refractivity contribution < 1.29 is 14.3 Å². The van der Waals surface area contributed by atoms with Crippen molar-refractivity contribution in [3.63, 3.8) is 0 Å². The molecular formula is C12H16ClNO3S. The predicted octanol–water partition coefficient (Wildman–Crippen LogP) is 2.93. The van der Waals surface area contributed by atoms with Crippen molar-refractivity contribution in [2.45, 2.75) is 6.92 Å². The van der Waals surface area contributed by atoms with Crippen LogP contribution in [0.3, 0.4) is 0 Å². The molecule has 0 aliphatic heterocycles. The zero-order valence-corrected chi connectivity index (χ0v) is 12.2. The SMILES string of the molecule is COCSCC(=O)Nc1cc(C)c(Cl)cc1OC. The number of benzene rings is 1. The lowest BCUT2D eigenvalue weighted by Gasteiger charge is -2.12. The summed E-state index contributed by atoms with van der Waals surface area (Å²) in [6.07, 6.45) is 0. The van der Waals surface area contributed by atoms with Crippen LogP contribution in [0.15, 0.2) is 12.1 Å². The van der Waals surface area contributed by atoms with Gasteiger partial charge in [-0.1, -0.05) is 11.6 Å². The molecule has 0 saturated heterocycles. The third-order valence-electron chi connectivity index (χ3n) is 2.19. The van der Waals surface area contributed by atoms with Crippen LogP contribution in [-0.2, 0) is 9.53 Å². The molecule has 1 N–H and O–H groups in total. The number of methoxy groups -OCH3 is 2. The van der Waals surface area contributed by atoms with E-state index in [1.54, 1.807) is 19.2 Å². The summed E-state index contributed by atoms with van der Waals surface area (Å²) in [6.45, 7) is 1.87. The van der Waals surface area contributed by atoms with Crippen molar-refractivity contribution in [1.29, 1.82) is 0 Å². The Kier molecular flexibility index (Phi) is 6.32. The van der Waals surface area contributed by atoms with Crippen LogP contribution in [-0.4, -0.2) is 31.8 Å². The molecule has 0 bridgehead atoms. The fraction of sp³-hybridized carbons (Fsp3) is 0.417.